The zero-order valence-corrected chi connectivity index (χ0v) is 12.8. The van der Waals surface area contributed by atoms with Crippen LogP contribution in [-0.4, -0.2) is 32.7 Å². The van der Waals surface area contributed by atoms with Crippen molar-refractivity contribution in [3.05, 3.63) is 48.9 Å². The Morgan fingerprint density at radius 3 is 2.70 bits per heavy atom. The van der Waals surface area contributed by atoms with Crippen LogP contribution in [0.4, 0.5) is 4.39 Å². The molecule has 0 saturated carbocycles. The first-order valence-corrected chi connectivity index (χ1v) is 7.34. The SMILES string of the molecule is Cn1cc(-c2cc3nccnc3[nH]2)c2ccccc21.NCCF. The van der Waals surface area contributed by atoms with Crippen LogP contribution in [0.25, 0.3) is 33.3 Å². The van der Waals surface area contributed by atoms with E-state index in [1.165, 1.54) is 16.5 Å². The molecule has 4 aromatic rings. The number of nitrogens with zero attached hydrogens (tertiary/aromatic N) is 3. The number of hydrogen-bond donors (Lipinski definition) is 2. The lowest BCUT2D eigenvalue weighted by Gasteiger charge is -1.94. The molecule has 0 bridgehead atoms. The number of H-pyrrole nitrogens is 1. The van der Waals surface area contributed by atoms with E-state index in [2.05, 4.69) is 62.8 Å². The van der Waals surface area contributed by atoms with Crippen molar-refractivity contribution in [2.45, 2.75) is 0 Å². The van der Waals surface area contributed by atoms with Crippen molar-refractivity contribution < 1.29 is 4.39 Å². The van der Waals surface area contributed by atoms with Gasteiger partial charge in [-0.3, -0.25) is 4.98 Å². The van der Waals surface area contributed by atoms with Gasteiger partial charge in [-0.15, -0.1) is 0 Å². The Morgan fingerprint density at radius 1 is 1.22 bits per heavy atom. The predicted molar refractivity (Wildman–Crippen MR) is 90.8 cm³/mol. The van der Waals surface area contributed by atoms with Gasteiger partial charge in [0.2, 0.25) is 0 Å². The number of benzene rings is 1. The van der Waals surface area contributed by atoms with Crippen LogP contribution in [0.1, 0.15) is 0 Å². The molecule has 0 radical (unpaired) electrons. The lowest BCUT2D eigenvalue weighted by molar-refractivity contribution is 0.504. The minimum Gasteiger partial charge on any atom is -0.350 e. The van der Waals surface area contributed by atoms with E-state index in [0.717, 1.165) is 16.9 Å². The molecule has 3 N–H and O–H groups in total. The number of hydrogen-bond acceptors (Lipinski definition) is 3. The second-order valence-corrected chi connectivity index (χ2v) is 5.12. The number of fused-ring (bicyclic) bond motifs is 2. The highest BCUT2D eigenvalue weighted by Gasteiger charge is 2.11. The first-order chi connectivity index (χ1) is 11.2. The minimum atomic E-state index is -0.403. The van der Waals surface area contributed by atoms with Crippen LogP contribution in [0, 0.1) is 0 Å². The lowest BCUT2D eigenvalue weighted by atomic mass is 10.1. The maximum absolute atomic E-state index is 10.6. The molecule has 4 rings (SSSR count). The molecule has 6 heteroatoms. The Kier molecular flexibility index (Phi) is 4.34. The van der Waals surface area contributed by atoms with E-state index < -0.39 is 6.67 Å². The zero-order chi connectivity index (χ0) is 16.2. The molecule has 5 nitrogen and oxygen atoms in total. The van der Waals surface area contributed by atoms with E-state index in [1.807, 2.05) is 6.07 Å². The van der Waals surface area contributed by atoms with Gasteiger partial charge in [-0.2, -0.15) is 0 Å². The normalized spacial score (nSPS) is 10.7. The van der Waals surface area contributed by atoms with Gasteiger partial charge in [0, 0.05) is 48.6 Å². The van der Waals surface area contributed by atoms with Crippen LogP contribution in [0.15, 0.2) is 48.9 Å². The van der Waals surface area contributed by atoms with Crippen LogP contribution in [0.2, 0.25) is 0 Å². The second kappa shape index (κ2) is 6.58. The minimum absolute atomic E-state index is 0.153. The summed E-state index contributed by atoms with van der Waals surface area (Å²) < 4.78 is 12.7. The van der Waals surface area contributed by atoms with Crippen LogP contribution in [-0.2, 0) is 7.05 Å². The van der Waals surface area contributed by atoms with Gasteiger partial charge in [-0.25, -0.2) is 9.37 Å². The molecule has 0 aliphatic carbocycles. The third kappa shape index (κ3) is 2.93. The Hall–Kier alpha value is -2.73. The number of aryl methyl sites for hydroxylation is 1. The molecular weight excluding hydrogens is 293 g/mol. The van der Waals surface area contributed by atoms with E-state index in [9.17, 15) is 4.39 Å². The fourth-order valence-corrected chi connectivity index (χ4v) is 2.55. The van der Waals surface area contributed by atoms with Gasteiger partial charge in [0.1, 0.15) is 12.2 Å². The van der Waals surface area contributed by atoms with Gasteiger partial charge in [0.15, 0.2) is 5.65 Å². The first kappa shape index (κ1) is 15.2. The molecule has 118 valence electrons. The van der Waals surface area contributed by atoms with Crippen LogP contribution in [0.5, 0.6) is 0 Å². The van der Waals surface area contributed by atoms with Crippen molar-refractivity contribution in [3.63, 3.8) is 0 Å². The Morgan fingerprint density at radius 2 is 1.96 bits per heavy atom. The maximum atomic E-state index is 10.6. The number of halogens is 1. The van der Waals surface area contributed by atoms with Crippen molar-refractivity contribution >= 4 is 22.1 Å². The van der Waals surface area contributed by atoms with Crippen molar-refractivity contribution in [2.24, 2.45) is 12.8 Å². The largest absolute Gasteiger partial charge is 0.350 e. The summed E-state index contributed by atoms with van der Waals surface area (Å²) in [6.07, 6.45) is 5.55. The summed E-state index contributed by atoms with van der Waals surface area (Å²) in [4.78, 5) is 11.9. The standard InChI is InChI=1S/C15H12N4.C2H6FN/c1-19-9-11(10-4-2-3-5-14(10)19)12-8-13-15(18-12)17-7-6-16-13;3-1-2-4/h2-9H,1H3,(H,17,18);1-2,4H2. The molecule has 0 atom stereocenters. The third-order valence-electron chi connectivity index (χ3n) is 3.56. The molecule has 0 spiro atoms. The molecule has 0 fully saturated rings. The van der Waals surface area contributed by atoms with Gasteiger partial charge in [0.05, 0.1) is 5.69 Å². The van der Waals surface area contributed by atoms with Crippen LogP contribution in [0.3, 0.4) is 0 Å². The quantitative estimate of drug-likeness (QED) is 0.597. The fraction of sp³-hybridized carbons (Fsp3) is 0.176. The third-order valence-corrected chi connectivity index (χ3v) is 3.56. The van der Waals surface area contributed by atoms with Crippen molar-refractivity contribution in [1.29, 1.82) is 0 Å². The summed E-state index contributed by atoms with van der Waals surface area (Å²) in [6.45, 7) is -0.250. The van der Waals surface area contributed by atoms with Crippen molar-refractivity contribution in [3.8, 4) is 11.3 Å². The molecule has 0 aliphatic rings. The highest BCUT2D eigenvalue weighted by Crippen LogP contribution is 2.30. The summed E-state index contributed by atoms with van der Waals surface area (Å²) in [6, 6.07) is 10.4. The van der Waals surface area contributed by atoms with Gasteiger partial charge >= 0.3 is 0 Å². The first-order valence-electron chi connectivity index (χ1n) is 7.34. The van der Waals surface area contributed by atoms with E-state index >= 15 is 0 Å². The maximum Gasteiger partial charge on any atom is 0.156 e. The lowest BCUT2D eigenvalue weighted by Crippen LogP contribution is -1.98. The number of para-hydroxylation sites is 1. The van der Waals surface area contributed by atoms with E-state index in [1.54, 1.807) is 12.4 Å². The molecule has 0 aliphatic heterocycles. The Labute approximate surface area is 133 Å². The molecule has 1 aromatic carbocycles. The van der Waals surface area contributed by atoms with Crippen molar-refractivity contribution in [1.82, 2.24) is 19.5 Å². The van der Waals surface area contributed by atoms with Gasteiger partial charge < -0.3 is 15.3 Å². The van der Waals surface area contributed by atoms with Gasteiger partial charge in [-0.1, -0.05) is 18.2 Å². The average molecular weight is 311 g/mol. The van der Waals surface area contributed by atoms with Crippen LogP contribution >= 0.6 is 0 Å². The number of nitrogens with one attached hydrogen (secondary N) is 1. The smallest absolute Gasteiger partial charge is 0.156 e. The number of alkyl halides is 1. The zero-order valence-electron chi connectivity index (χ0n) is 12.8. The van der Waals surface area contributed by atoms with E-state index in [4.69, 9.17) is 0 Å². The second-order valence-electron chi connectivity index (χ2n) is 5.12. The predicted octanol–water partition coefficient (Wildman–Crippen LogP) is 3.03. The fourth-order valence-electron chi connectivity index (χ4n) is 2.55. The molecule has 3 heterocycles. The number of rotatable bonds is 2. The van der Waals surface area contributed by atoms with E-state index in [0.29, 0.717) is 0 Å². The molecule has 0 unspecified atom stereocenters. The summed E-state index contributed by atoms with van der Waals surface area (Å²) in [5.74, 6) is 0. The van der Waals surface area contributed by atoms with Gasteiger partial charge in [-0.05, 0) is 12.1 Å². The van der Waals surface area contributed by atoms with Gasteiger partial charge in [0.25, 0.3) is 0 Å². The van der Waals surface area contributed by atoms with Crippen LogP contribution < -0.4 is 5.73 Å². The number of nitrogens with two attached hydrogens (primary N) is 1. The number of aromatic nitrogens is 4. The highest BCUT2D eigenvalue weighted by molar-refractivity contribution is 5.97. The topological polar surface area (TPSA) is 72.5 Å². The summed E-state index contributed by atoms with van der Waals surface area (Å²) in [5.41, 5.74) is 9.82. The summed E-state index contributed by atoms with van der Waals surface area (Å²) in [5, 5.41) is 1.23. The average Bonchev–Trinajstić information content (AvgIpc) is 3.17. The summed E-state index contributed by atoms with van der Waals surface area (Å²) in [7, 11) is 2.06. The summed E-state index contributed by atoms with van der Waals surface area (Å²) >= 11 is 0. The highest BCUT2D eigenvalue weighted by atomic mass is 19.1. The molecule has 3 aromatic heterocycles. The van der Waals surface area contributed by atoms with E-state index in [-0.39, 0.29) is 6.54 Å². The monoisotopic (exact) mass is 311 g/mol. The van der Waals surface area contributed by atoms with Crippen molar-refractivity contribution in [2.75, 3.05) is 13.2 Å². The number of aromatic amines is 1. The Balaban J connectivity index is 0.000000354. The molecular formula is C17H18FN5. The molecule has 0 amide bonds. The molecule has 0 saturated heterocycles. The Bertz CT molecular complexity index is 890. The molecule has 23 heavy (non-hydrogen) atoms.